The highest BCUT2D eigenvalue weighted by Gasteiger charge is 2.36. The molecular weight excluding hydrogens is 607 g/mol. The maximum atomic E-state index is 14.0. The van der Waals surface area contributed by atoms with E-state index in [0.29, 0.717) is 42.8 Å². The number of nitrogens with zero attached hydrogens (tertiary/aromatic N) is 5. The van der Waals surface area contributed by atoms with Crippen LogP contribution in [0.5, 0.6) is 0 Å². The second-order valence-electron chi connectivity index (χ2n) is 11.6. The summed E-state index contributed by atoms with van der Waals surface area (Å²) in [7, 11) is -3.54. The van der Waals surface area contributed by atoms with Crippen LogP contribution in [0.2, 0.25) is 0 Å². The summed E-state index contributed by atoms with van der Waals surface area (Å²) in [5.41, 5.74) is 1.20. The van der Waals surface area contributed by atoms with Crippen LogP contribution in [0.25, 0.3) is 11.3 Å². The van der Waals surface area contributed by atoms with Crippen molar-refractivity contribution < 1.29 is 36.6 Å². The van der Waals surface area contributed by atoms with Gasteiger partial charge in [-0.1, -0.05) is 12.5 Å². The molecule has 2 fully saturated rings. The van der Waals surface area contributed by atoms with Crippen LogP contribution in [0, 0.1) is 0 Å². The third kappa shape index (κ3) is 7.74. The summed E-state index contributed by atoms with van der Waals surface area (Å²) in [6, 6.07) is 3.65. The van der Waals surface area contributed by atoms with Crippen molar-refractivity contribution in [2.45, 2.75) is 68.5 Å². The molecule has 2 saturated heterocycles. The molecule has 1 aromatic heterocycles. The van der Waals surface area contributed by atoms with E-state index in [1.807, 2.05) is 0 Å². The van der Waals surface area contributed by atoms with Crippen LogP contribution in [0.15, 0.2) is 23.1 Å². The molecule has 10 nitrogen and oxygen atoms in total. The van der Waals surface area contributed by atoms with Gasteiger partial charge in [0.05, 0.1) is 42.0 Å². The number of likely N-dealkylation sites (tertiary alicyclic amines) is 2. The minimum absolute atomic E-state index is 0.0188. The third-order valence-corrected chi connectivity index (χ3v) is 10.6. The van der Waals surface area contributed by atoms with Gasteiger partial charge in [0, 0.05) is 60.9 Å². The number of aromatic nitrogens is 2. The van der Waals surface area contributed by atoms with Crippen molar-refractivity contribution in [1.29, 1.82) is 0 Å². The van der Waals surface area contributed by atoms with Crippen molar-refractivity contribution in [3.8, 4) is 11.3 Å². The predicted octanol–water partition coefficient (Wildman–Crippen LogP) is 2.42. The Labute approximate surface area is 253 Å². The SMILES string of the molecule is CS(=O)(=O)N1CCc2c(c(-c3ccc(C(F)(F)F)c(SCC(=O)N4CC[C@@H](O)C4)c3)nn2CC(O)CN2CCCCC2)C1. The lowest BCUT2D eigenvalue weighted by Crippen LogP contribution is -2.39. The number of carbonyl (C=O) groups is 1. The molecule has 15 heteroatoms. The topological polar surface area (TPSA) is 119 Å². The summed E-state index contributed by atoms with van der Waals surface area (Å²) in [6.07, 6.45) is -0.779. The zero-order valence-corrected chi connectivity index (χ0v) is 25.7. The molecule has 2 aromatic rings. The van der Waals surface area contributed by atoms with Gasteiger partial charge in [-0.05, 0) is 44.5 Å². The van der Waals surface area contributed by atoms with E-state index in [9.17, 15) is 36.6 Å². The summed E-state index contributed by atoms with van der Waals surface area (Å²) in [5, 5.41) is 25.4. The zero-order chi connectivity index (χ0) is 30.9. The molecule has 238 valence electrons. The fourth-order valence-electron chi connectivity index (χ4n) is 6.05. The standard InChI is InChI=1S/C28H38F3N5O5S2/c1-43(40,41)35-12-8-24-22(17-35)27(32-36(24)16-21(38)14-33-9-3-2-4-10-33)19-5-6-23(28(29,30)31)25(13-19)42-18-26(39)34-11-7-20(37)15-34/h5-6,13,20-21,37-38H,2-4,7-12,14-18H2,1H3/t20-,21?/m1/s1. The molecule has 0 spiro atoms. The minimum Gasteiger partial charge on any atom is -0.391 e. The lowest BCUT2D eigenvalue weighted by molar-refractivity contribution is -0.139. The van der Waals surface area contributed by atoms with Crippen LogP contribution in [-0.4, -0.2) is 112 Å². The molecule has 43 heavy (non-hydrogen) atoms. The first kappa shape index (κ1) is 32.2. The Bertz CT molecular complexity index is 1430. The van der Waals surface area contributed by atoms with Gasteiger partial charge in [0.25, 0.3) is 0 Å². The maximum Gasteiger partial charge on any atom is 0.417 e. The largest absolute Gasteiger partial charge is 0.417 e. The molecule has 5 rings (SSSR count). The second-order valence-corrected chi connectivity index (χ2v) is 14.6. The van der Waals surface area contributed by atoms with Crippen LogP contribution in [0.3, 0.4) is 0 Å². The van der Waals surface area contributed by atoms with Crippen molar-refractivity contribution in [3.63, 3.8) is 0 Å². The van der Waals surface area contributed by atoms with Gasteiger partial charge in [-0.2, -0.15) is 22.6 Å². The fraction of sp³-hybridized carbons (Fsp3) is 0.643. The molecule has 4 heterocycles. The van der Waals surface area contributed by atoms with E-state index in [1.165, 1.54) is 27.8 Å². The zero-order valence-electron chi connectivity index (χ0n) is 24.1. The summed E-state index contributed by atoms with van der Waals surface area (Å²) >= 11 is 0.779. The highest BCUT2D eigenvalue weighted by Crippen LogP contribution is 2.40. The smallest absolute Gasteiger partial charge is 0.391 e. The van der Waals surface area contributed by atoms with Gasteiger partial charge in [0.2, 0.25) is 15.9 Å². The Kier molecular flexibility index (Phi) is 9.78. The number of hydrogen-bond acceptors (Lipinski definition) is 8. The molecule has 2 N–H and O–H groups in total. The Morgan fingerprint density at radius 3 is 2.53 bits per heavy atom. The summed E-state index contributed by atoms with van der Waals surface area (Å²) in [6.45, 7) is 3.25. The van der Waals surface area contributed by atoms with Crippen LogP contribution in [0.1, 0.15) is 42.5 Å². The van der Waals surface area contributed by atoms with Gasteiger partial charge in [-0.15, -0.1) is 11.8 Å². The number of sulfonamides is 1. The Morgan fingerprint density at radius 2 is 1.88 bits per heavy atom. The van der Waals surface area contributed by atoms with Gasteiger partial charge < -0.3 is 20.0 Å². The van der Waals surface area contributed by atoms with Crippen molar-refractivity contribution in [2.75, 3.05) is 51.3 Å². The lowest BCUT2D eigenvalue weighted by Gasteiger charge is -2.29. The number of alkyl halides is 3. The second kappa shape index (κ2) is 13.1. The highest BCUT2D eigenvalue weighted by atomic mass is 32.2. The number of amides is 1. The number of aliphatic hydroxyl groups is 2. The quantitative estimate of drug-likeness (QED) is 0.400. The third-order valence-electron chi connectivity index (χ3n) is 8.30. The number of carbonyl (C=O) groups excluding carboxylic acids is 1. The summed E-state index contributed by atoms with van der Waals surface area (Å²) in [5.74, 6) is -0.579. The van der Waals surface area contributed by atoms with E-state index in [4.69, 9.17) is 5.10 Å². The van der Waals surface area contributed by atoms with Crippen molar-refractivity contribution in [3.05, 3.63) is 35.0 Å². The van der Waals surface area contributed by atoms with Crippen LogP contribution in [0.4, 0.5) is 13.2 Å². The Morgan fingerprint density at radius 1 is 1.14 bits per heavy atom. The number of benzene rings is 1. The molecule has 0 aliphatic carbocycles. The highest BCUT2D eigenvalue weighted by molar-refractivity contribution is 8.00. The van der Waals surface area contributed by atoms with Gasteiger partial charge in [-0.25, -0.2) is 8.42 Å². The molecule has 1 unspecified atom stereocenters. The number of halogens is 3. The summed E-state index contributed by atoms with van der Waals surface area (Å²) < 4.78 is 69.8. The molecule has 3 aliphatic heterocycles. The lowest BCUT2D eigenvalue weighted by atomic mass is 10.0. The van der Waals surface area contributed by atoms with Gasteiger partial charge in [-0.3, -0.25) is 9.48 Å². The number of piperidine rings is 1. The number of thioether (sulfide) groups is 1. The van der Waals surface area contributed by atoms with Gasteiger partial charge >= 0.3 is 6.18 Å². The number of fused-ring (bicyclic) bond motifs is 1. The molecule has 0 bridgehead atoms. The molecule has 1 aromatic carbocycles. The first-order valence-electron chi connectivity index (χ1n) is 14.5. The monoisotopic (exact) mass is 645 g/mol. The van der Waals surface area contributed by atoms with E-state index >= 15 is 0 Å². The minimum atomic E-state index is -4.65. The van der Waals surface area contributed by atoms with E-state index < -0.39 is 34.0 Å². The normalized spacial score (nSPS) is 21.3. The molecule has 3 aliphatic rings. The van der Waals surface area contributed by atoms with E-state index in [-0.39, 0.29) is 42.7 Å². The van der Waals surface area contributed by atoms with Crippen LogP contribution >= 0.6 is 11.8 Å². The molecular formula is C28H38F3N5O5S2. The Hall–Kier alpha value is -2.17. The number of rotatable bonds is 9. The van der Waals surface area contributed by atoms with E-state index in [1.54, 1.807) is 4.68 Å². The van der Waals surface area contributed by atoms with Crippen LogP contribution in [-0.2, 0) is 40.5 Å². The van der Waals surface area contributed by atoms with Gasteiger partial charge in [0.1, 0.15) is 0 Å². The average Bonchev–Trinajstić information content (AvgIpc) is 3.54. The molecule has 0 saturated carbocycles. The number of hydrogen-bond donors (Lipinski definition) is 2. The van der Waals surface area contributed by atoms with Crippen molar-refractivity contribution in [1.82, 2.24) is 23.9 Å². The maximum absolute atomic E-state index is 14.0. The molecule has 1 amide bonds. The van der Waals surface area contributed by atoms with Crippen LogP contribution < -0.4 is 0 Å². The Balaban J connectivity index is 1.46. The predicted molar refractivity (Wildman–Crippen MR) is 156 cm³/mol. The molecule has 0 radical (unpaired) electrons. The van der Waals surface area contributed by atoms with E-state index in [0.717, 1.165) is 55.7 Å². The van der Waals surface area contributed by atoms with Gasteiger partial charge in [0.15, 0.2) is 0 Å². The number of aliphatic hydroxyl groups excluding tert-OH is 2. The van der Waals surface area contributed by atoms with E-state index in [2.05, 4.69) is 4.90 Å². The fourth-order valence-corrected chi connectivity index (χ4v) is 7.85. The van der Waals surface area contributed by atoms with Crippen molar-refractivity contribution >= 4 is 27.7 Å². The first-order valence-corrected chi connectivity index (χ1v) is 17.4. The first-order chi connectivity index (χ1) is 20.3. The average molecular weight is 646 g/mol. The number of β-amino-alcohol motifs (C(OH)–C–C–N with tert-alkyl or cyclic N) is 2. The van der Waals surface area contributed by atoms with Crippen molar-refractivity contribution in [2.24, 2.45) is 0 Å². The molecule has 2 atom stereocenters. The summed E-state index contributed by atoms with van der Waals surface area (Å²) in [4.78, 5) is 16.2.